The first-order chi connectivity index (χ1) is 13.1. The Morgan fingerprint density at radius 3 is 2.61 bits per heavy atom. The molecule has 28 heavy (non-hydrogen) atoms. The van der Waals surface area contributed by atoms with Crippen LogP contribution in [0.25, 0.3) is 0 Å². The second-order valence-corrected chi connectivity index (χ2v) is 6.66. The predicted octanol–water partition coefficient (Wildman–Crippen LogP) is 3.91. The van der Waals surface area contributed by atoms with Crippen molar-refractivity contribution >= 4 is 35.8 Å². The average molecular weight is 500 g/mol. The second-order valence-electron chi connectivity index (χ2n) is 6.66. The molecule has 8 heteroatoms. The number of aromatic nitrogens is 2. The van der Waals surface area contributed by atoms with Crippen LogP contribution in [0, 0.1) is 0 Å². The summed E-state index contributed by atoms with van der Waals surface area (Å²) in [4.78, 5) is 11.1. The van der Waals surface area contributed by atoms with Crippen LogP contribution in [0.1, 0.15) is 56.5 Å². The lowest BCUT2D eigenvalue weighted by atomic mass is 9.99. The Morgan fingerprint density at radius 1 is 1.21 bits per heavy atom. The second kappa shape index (κ2) is 12.6. The number of guanidine groups is 1. The Hall–Kier alpha value is -1.84. The maximum absolute atomic E-state index is 5.48. The highest BCUT2D eigenvalue weighted by Crippen LogP contribution is 2.22. The summed E-state index contributed by atoms with van der Waals surface area (Å²) < 4.78 is 5.48. The van der Waals surface area contributed by atoms with Gasteiger partial charge in [-0.3, -0.25) is 0 Å². The molecule has 0 atom stereocenters. The fourth-order valence-electron chi connectivity index (χ4n) is 2.94. The highest BCUT2D eigenvalue weighted by atomic mass is 127. The number of halogens is 1. The zero-order chi connectivity index (χ0) is 19.6. The Labute approximate surface area is 185 Å². The molecule has 7 nitrogen and oxygen atoms in total. The predicted molar refractivity (Wildman–Crippen MR) is 125 cm³/mol. The van der Waals surface area contributed by atoms with Gasteiger partial charge in [0.1, 0.15) is 5.82 Å². The number of hydrogen-bond acceptors (Lipinski definition) is 5. The SMILES string of the molecule is CCNC(=NCc1cccnc1N(C)C)NCc1cc(C(CC)CC)no1.I. The van der Waals surface area contributed by atoms with Gasteiger partial charge >= 0.3 is 0 Å². The quantitative estimate of drug-likeness (QED) is 0.309. The first kappa shape index (κ1) is 24.2. The molecule has 2 N–H and O–H groups in total. The highest BCUT2D eigenvalue weighted by molar-refractivity contribution is 14.0. The molecule has 0 bridgehead atoms. The molecular formula is C20H33IN6O. The number of pyridine rings is 1. The van der Waals surface area contributed by atoms with Crippen molar-refractivity contribution in [3.8, 4) is 0 Å². The van der Waals surface area contributed by atoms with Gasteiger partial charge in [-0.1, -0.05) is 25.1 Å². The van der Waals surface area contributed by atoms with Crippen LogP contribution in [0.3, 0.4) is 0 Å². The van der Waals surface area contributed by atoms with Gasteiger partial charge in [0.05, 0.1) is 18.8 Å². The zero-order valence-electron chi connectivity index (χ0n) is 17.5. The number of hydrogen-bond donors (Lipinski definition) is 2. The van der Waals surface area contributed by atoms with Crippen LogP contribution >= 0.6 is 24.0 Å². The molecule has 0 aliphatic rings. The average Bonchev–Trinajstić information content (AvgIpc) is 3.14. The molecule has 2 aromatic rings. The van der Waals surface area contributed by atoms with E-state index < -0.39 is 0 Å². The summed E-state index contributed by atoms with van der Waals surface area (Å²) in [6.45, 7) is 8.29. The maximum atomic E-state index is 5.48. The van der Waals surface area contributed by atoms with E-state index in [1.807, 2.05) is 44.1 Å². The molecular weight excluding hydrogens is 467 g/mol. The van der Waals surface area contributed by atoms with E-state index in [2.05, 4.69) is 39.6 Å². The zero-order valence-corrected chi connectivity index (χ0v) is 19.9. The Balaban J connectivity index is 0.00000392. The van der Waals surface area contributed by atoms with E-state index in [9.17, 15) is 0 Å². The minimum atomic E-state index is 0. The smallest absolute Gasteiger partial charge is 0.191 e. The summed E-state index contributed by atoms with van der Waals surface area (Å²) in [7, 11) is 3.97. The molecule has 0 aromatic carbocycles. The summed E-state index contributed by atoms with van der Waals surface area (Å²) in [5.41, 5.74) is 2.11. The molecule has 2 heterocycles. The standard InChI is InChI=1S/C20H32N6O.HI/c1-6-15(7-2)18-12-17(27-25-18)14-24-20(21-8-3)23-13-16-10-9-11-22-19(16)26(4)5;/h9-12,15H,6-8,13-14H2,1-5H3,(H2,21,23,24);1H. The minimum Gasteiger partial charge on any atom is -0.362 e. The van der Waals surface area contributed by atoms with E-state index in [0.717, 1.165) is 48.2 Å². The van der Waals surface area contributed by atoms with Crippen molar-refractivity contribution in [3.05, 3.63) is 41.4 Å². The summed E-state index contributed by atoms with van der Waals surface area (Å²) >= 11 is 0. The van der Waals surface area contributed by atoms with E-state index in [0.29, 0.717) is 19.0 Å². The highest BCUT2D eigenvalue weighted by Gasteiger charge is 2.13. The number of rotatable bonds is 9. The third kappa shape index (κ3) is 6.96. The van der Waals surface area contributed by atoms with Gasteiger partial charge in [-0.05, 0) is 25.8 Å². The minimum absolute atomic E-state index is 0. The van der Waals surface area contributed by atoms with Crippen LogP contribution in [0.4, 0.5) is 5.82 Å². The van der Waals surface area contributed by atoms with Crippen LogP contribution in [0.15, 0.2) is 33.9 Å². The molecule has 0 fully saturated rings. The van der Waals surface area contributed by atoms with Crippen molar-refractivity contribution in [2.24, 2.45) is 4.99 Å². The van der Waals surface area contributed by atoms with Crippen LogP contribution in [-0.2, 0) is 13.1 Å². The van der Waals surface area contributed by atoms with E-state index in [1.54, 1.807) is 6.20 Å². The van der Waals surface area contributed by atoms with Crippen molar-refractivity contribution < 1.29 is 4.52 Å². The third-order valence-corrected chi connectivity index (χ3v) is 4.45. The number of nitrogens with one attached hydrogen (secondary N) is 2. The molecule has 0 radical (unpaired) electrons. The van der Waals surface area contributed by atoms with E-state index in [-0.39, 0.29) is 24.0 Å². The molecule has 0 unspecified atom stereocenters. The lowest BCUT2D eigenvalue weighted by molar-refractivity contribution is 0.368. The lowest BCUT2D eigenvalue weighted by Crippen LogP contribution is -2.36. The van der Waals surface area contributed by atoms with Crippen molar-refractivity contribution in [2.75, 3.05) is 25.5 Å². The molecule has 0 saturated carbocycles. The monoisotopic (exact) mass is 500 g/mol. The molecule has 0 aliphatic carbocycles. The van der Waals surface area contributed by atoms with E-state index in [4.69, 9.17) is 4.52 Å². The van der Waals surface area contributed by atoms with Crippen molar-refractivity contribution in [1.29, 1.82) is 0 Å². The lowest BCUT2D eigenvalue weighted by Gasteiger charge is -2.15. The molecule has 2 rings (SSSR count). The largest absolute Gasteiger partial charge is 0.362 e. The molecule has 0 amide bonds. The normalized spacial score (nSPS) is 11.3. The van der Waals surface area contributed by atoms with Crippen LogP contribution < -0.4 is 15.5 Å². The van der Waals surface area contributed by atoms with Gasteiger partial charge in [0.2, 0.25) is 0 Å². The summed E-state index contributed by atoms with van der Waals surface area (Å²) in [6.07, 6.45) is 3.94. The van der Waals surface area contributed by atoms with Crippen molar-refractivity contribution in [1.82, 2.24) is 20.8 Å². The molecule has 0 aliphatic heterocycles. The van der Waals surface area contributed by atoms with Gasteiger partial charge in [0.15, 0.2) is 11.7 Å². The molecule has 2 aromatic heterocycles. The van der Waals surface area contributed by atoms with Gasteiger partial charge in [0, 0.05) is 44.4 Å². The first-order valence-electron chi connectivity index (χ1n) is 9.67. The summed E-state index contributed by atoms with van der Waals surface area (Å²) in [6, 6.07) is 6.03. The number of nitrogens with zero attached hydrogens (tertiary/aromatic N) is 4. The van der Waals surface area contributed by atoms with Gasteiger partial charge < -0.3 is 20.1 Å². The van der Waals surface area contributed by atoms with Crippen LogP contribution in [0.5, 0.6) is 0 Å². The Morgan fingerprint density at radius 2 is 1.96 bits per heavy atom. The van der Waals surface area contributed by atoms with E-state index >= 15 is 0 Å². The fraction of sp³-hybridized carbons (Fsp3) is 0.550. The van der Waals surface area contributed by atoms with Crippen molar-refractivity contribution in [2.45, 2.75) is 52.6 Å². The van der Waals surface area contributed by atoms with Crippen molar-refractivity contribution in [3.63, 3.8) is 0 Å². The topological polar surface area (TPSA) is 78.6 Å². The fourth-order valence-corrected chi connectivity index (χ4v) is 2.94. The Bertz CT molecular complexity index is 727. The summed E-state index contributed by atoms with van der Waals surface area (Å²) in [5.74, 6) is 2.95. The van der Waals surface area contributed by atoms with Gasteiger partial charge in [-0.25, -0.2) is 9.98 Å². The molecule has 156 valence electrons. The van der Waals surface area contributed by atoms with Gasteiger partial charge in [0.25, 0.3) is 0 Å². The van der Waals surface area contributed by atoms with Crippen LogP contribution in [-0.4, -0.2) is 36.7 Å². The number of aliphatic imine (C=N–C) groups is 1. The molecule has 0 saturated heterocycles. The maximum Gasteiger partial charge on any atom is 0.191 e. The first-order valence-corrected chi connectivity index (χ1v) is 9.67. The van der Waals surface area contributed by atoms with Gasteiger partial charge in [-0.2, -0.15) is 0 Å². The Kier molecular flexibility index (Phi) is 10.9. The van der Waals surface area contributed by atoms with Crippen LogP contribution in [0.2, 0.25) is 0 Å². The van der Waals surface area contributed by atoms with Gasteiger partial charge in [-0.15, -0.1) is 24.0 Å². The number of anilines is 1. The third-order valence-electron chi connectivity index (χ3n) is 4.45. The molecule has 0 spiro atoms. The summed E-state index contributed by atoms with van der Waals surface area (Å²) in [5, 5.41) is 10.8. The van der Waals surface area contributed by atoms with E-state index in [1.165, 1.54) is 0 Å².